The smallest absolute Gasteiger partial charge is 0.222 e. The van der Waals surface area contributed by atoms with Crippen molar-refractivity contribution >= 4 is 22.8 Å². The summed E-state index contributed by atoms with van der Waals surface area (Å²) in [4.78, 5) is 8.22. The molecule has 148 valence electrons. The lowest BCUT2D eigenvalue weighted by Gasteiger charge is -2.23. The maximum atomic E-state index is 6.02. The number of nitrogens with one attached hydrogen (secondary N) is 1. The minimum atomic E-state index is 0.142. The van der Waals surface area contributed by atoms with Crippen LogP contribution in [0.25, 0.3) is 11.0 Å². The largest absolute Gasteiger partial charge is 0.496 e. The van der Waals surface area contributed by atoms with Gasteiger partial charge in [-0.3, -0.25) is 4.68 Å². The van der Waals surface area contributed by atoms with Gasteiger partial charge in [-0.15, -0.1) is 0 Å². The van der Waals surface area contributed by atoms with Crippen molar-refractivity contribution in [3.8, 4) is 5.75 Å². The van der Waals surface area contributed by atoms with E-state index in [2.05, 4.69) is 38.6 Å². The Labute approximate surface area is 163 Å². The number of rotatable bonds is 6. The van der Waals surface area contributed by atoms with Gasteiger partial charge in [0, 0.05) is 31.4 Å². The van der Waals surface area contributed by atoms with E-state index in [4.69, 9.17) is 20.9 Å². The lowest BCUT2D eigenvalue weighted by Crippen LogP contribution is -2.34. The van der Waals surface area contributed by atoms with Crippen molar-refractivity contribution in [2.75, 3.05) is 31.8 Å². The van der Waals surface area contributed by atoms with E-state index >= 15 is 0 Å². The predicted octanol–water partition coefficient (Wildman–Crippen LogP) is 1.32. The number of hydrogen-bond donors (Lipinski definition) is 3. The van der Waals surface area contributed by atoms with Crippen molar-refractivity contribution in [2.24, 2.45) is 0 Å². The third-order valence-corrected chi connectivity index (χ3v) is 5.02. The molecule has 1 saturated heterocycles. The summed E-state index contributed by atoms with van der Waals surface area (Å²) in [6.45, 7) is 2.95. The molecule has 0 radical (unpaired) electrons. The quantitative estimate of drug-likeness (QED) is 0.582. The molecule has 0 saturated carbocycles. The normalized spacial score (nSPS) is 15.2. The van der Waals surface area contributed by atoms with E-state index in [1.165, 1.54) is 5.56 Å². The molecule has 3 heterocycles. The maximum absolute atomic E-state index is 6.02. The number of anilines is 2. The summed E-state index contributed by atoms with van der Waals surface area (Å²) in [5.74, 6) is 1.27. The molecule has 0 amide bonds. The van der Waals surface area contributed by atoms with E-state index in [-0.39, 0.29) is 5.95 Å². The lowest BCUT2D eigenvalue weighted by molar-refractivity contribution is 0.0776. The molecule has 1 aromatic carbocycles. The fourth-order valence-electron chi connectivity index (χ4n) is 3.52. The van der Waals surface area contributed by atoms with Crippen LogP contribution in [0.4, 0.5) is 11.8 Å². The number of nitrogens with two attached hydrogens (primary N) is 2. The number of aromatic nitrogens is 4. The van der Waals surface area contributed by atoms with Crippen LogP contribution in [0.1, 0.15) is 24.0 Å². The number of nitrogens with zero attached hydrogens (tertiary/aromatic N) is 4. The summed E-state index contributed by atoms with van der Waals surface area (Å²) in [5, 5.41) is 7.98. The fraction of sp³-hybridized carbons (Fsp3) is 0.421. The summed E-state index contributed by atoms with van der Waals surface area (Å²) in [6.07, 6.45) is 3.74. The zero-order valence-electron chi connectivity index (χ0n) is 15.9. The van der Waals surface area contributed by atoms with Crippen LogP contribution >= 0.6 is 0 Å². The first-order valence-corrected chi connectivity index (χ1v) is 9.35. The molecule has 9 heteroatoms. The number of hydrogen-bond acceptors (Lipinski definition) is 8. The standard InChI is InChI=1S/C19H25N7O2/c1-27-16-8-12(9-22-14-4-6-28-7-5-14)2-3-13(16)11-26-17-15(10-23-26)24-19(21)25-18(17)20/h2-3,8,10,14,22H,4-7,9,11H2,1H3,(H4,20,21,24,25). The Morgan fingerprint density at radius 2 is 2.07 bits per heavy atom. The summed E-state index contributed by atoms with van der Waals surface area (Å²) >= 11 is 0. The SMILES string of the molecule is COc1cc(CNC2CCOCC2)ccc1Cn1ncc2nc(N)nc(N)c21. The minimum Gasteiger partial charge on any atom is -0.496 e. The van der Waals surface area contributed by atoms with Gasteiger partial charge in [-0.1, -0.05) is 12.1 Å². The van der Waals surface area contributed by atoms with Crippen molar-refractivity contribution in [2.45, 2.75) is 32.0 Å². The average Bonchev–Trinajstić information content (AvgIpc) is 3.10. The van der Waals surface area contributed by atoms with Gasteiger partial charge >= 0.3 is 0 Å². The van der Waals surface area contributed by atoms with E-state index in [0.29, 0.717) is 29.4 Å². The number of methoxy groups -OCH3 is 1. The van der Waals surface area contributed by atoms with Gasteiger partial charge in [0.05, 0.1) is 19.9 Å². The van der Waals surface area contributed by atoms with Gasteiger partial charge in [-0.2, -0.15) is 10.1 Å². The number of benzene rings is 1. The van der Waals surface area contributed by atoms with E-state index < -0.39 is 0 Å². The molecular formula is C19H25N7O2. The highest BCUT2D eigenvalue weighted by Crippen LogP contribution is 2.25. The maximum Gasteiger partial charge on any atom is 0.222 e. The zero-order valence-corrected chi connectivity index (χ0v) is 15.9. The summed E-state index contributed by atoms with van der Waals surface area (Å²) in [6, 6.07) is 6.73. The van der Waals surface area contributed by atoms with Crippen molar-refractivity contribution < 1.29 is 9.47 Å². The van der Waals surface area contributed by atoms with Crippen molar-refractivity contribution in [3.05, 3.63) is 35.5 Å². The molecule has 28 heavy (non-hydrogen) atoms. The molecule has 0 unspecified atom stereocenters. The Morgan fingerprint density at radius 1 is 1.25 bits per heavy atom. The molecule has 9 nitrogen and oxygen atoms in total. The monoisotopic (exact) mass is 383 g/mol. The number of nitrogen functional groups attached to an aromatic ring is 2. The van der Waals surface area contributed by atoms with E-state index in [1.54, 1.807) is 18.0 Å². The first kappa shape index (κ1) is 18.5. The number of ether oxygens (including phenoxy) is 2. The molecule has 1 aliphatic heterocycles. The van der Waals surface area contributed by atoms with Crippen LogP contribution in [-0.2, 0) is 17.8 Å². The van der Waals surface area contributed by atoms with Gasteiger partial charge < -0.3 is 26.3 Å². The van der Waals surface area contributed by atoms with Crippen LogP contribution in [0.15, 0.2) is 24.4 Å². The Kier molecular flexibility index (Phi) is 5.27. The van der Waals surface area contributed by atoms with Gasteiger partial charge in [0.1, 0.15) is 16.8 Å². The molecule has 0 spiro atoms. The molecule has 2 aromatic heterocycles. The molecule has 1 fully saturated rings. The highest BCUT2D eigenvalue weighted by molar-refractivity contribution is 5.85. The van der Waals surface area contributed by atoms with Gasteiger partial charge in [-0.25, -0.2) is 4.98 Å². The Bertz CT molecular complexity index is 966. The van der Waals surface area contributed by atoms with Crippen molar-refractivity contribution in [1.82, 2.24) is 25.1 Å². The predicted molar refractivity (Wildman–Crippen MR) is 107 cm³/mol. The van der Waals surface area contributed by atoms with Gasteiger partial charge in [0.15, 0.2) is 5.82 Å². The summed E-state index contributed by atoms with van der Waals surface area (Å²) < 4.78 is 12.8. The van der Waals surface area contributed by atoms with E-state index in [1.807, 2.05) is 0 Å². The first-order valence-electron chi connectivity index (χ1n) is 9.35. The Balaban J connectivity index is 1.52. The van der Waals surface area contributed by atoms with Gasteiger partial charge in [-0.05, 0) is 24.5 Å². The third-order valence-electron chi connectivity index (χ3n) is 5.02. The van der Waals surface area contributed by atoms with Crippen LogP contribution < -0.4 is 21.5 Å². The van der Waals surface area contributed by atoms with Crippen LogP contribution in [0.5, 0.6) is 5.75 Å². The van der Waals surface area contributed by atoms with Crippen LogP contribution in [0.2, 0.25) is 0 Å². The molecule has 0 aliphatic carbocycles. The fourth-order valence-corrected chi connectivity index (χ4v) is 3.52. The molecule has 5 N–H and O–H groups in total. The van der Waals surface area contributed by atoms with Crippen molar-refractivity contribution in [3.63, 3.8) is 0 Å². The van der Waals surface area contributed by atoms with Gasteiger partial charge in [0.2, 0.25) is 5.95 Å². The van der Waals surface area contributed by atoms with Crippen LogP contribution in [-0.4, -0.2) is 46.1 Å². The Hall–Kier alpha value is -2.91. The molecule has 3 aromatic rings. The van der Waals surface area contributed by atoms with Gasteiger partial charge in [0.25, 0.3) is 0 Å². The lowest BCUT2D eigenvalue weighted by atomic mass is 10.1. The second kappa shape index (κ2) is 7.99. The summed E-state index contributed by atoms with van der Waals surface area (Å²) in [7, 11) is 1.67. The van der Waals surface area contributed by atoms with Crippen LogP contribution in [0, 0.1) is 0 Å². The van der Waals surface area contributed by atoms with E-state index in [0.717, 1.165) is 43.9 Å². The van der Waals surface area contributed by atoms with Crippen molar-refractivity contribution in [1.29, 1.82) is 0 Å². The zero-order chi connectivity index (χ0) is 19.5. The Morgan fingerprint density at radius 3 is 2.86 bits per heavy atom. The van der Waals surface area contributed by atoms with Crippen LogP contribution in [0.3, 0.4) is 0 Å². The minimum absolute atomic E-state index is 0.142. The molecule has 0 atom stereocenters. The second-order valence-corrected chi connectivity index (χ2v) is 6.92. The average molecular weight is 383 g/mol. The molecular weight excluding hydrogens is 358 g/mol. The molecule has 4 rings (SSSR count). The molecule has 1 aliphatic rings. The third kappa shape index (κ3) is 3.85. The second-order valence-electron chi connectivity index (χ2n) is 6.92. The summed E-state index contributed by atoms with van der Waals surface area (Å²) in [5.41, 5.74) is 15.1. The highest BCUT2D eigenvalue weighted by Gasteiger charge is 2.15. The highest BCUT2D eigenvalue weighted by atomic mass is 16.5. The van der Waals surface area contributed by atoms with E-state index in [9.17, 15) is 0 Å². The topological polar surface area (TPSA) is 126 Å². The first-order chi connectivity index (χ1) is 13.6. The molecule has 0 bridgehead atoms. The number of fused-ring (bicyclic) bond motifs is 1.